The van der Waals surface area contributed by atoms with Gasteiger partial charge in [-0.25, -0.2) is 4.98 Å². The van der Waals surface area contributed by atoms with Crippen molar-refractivity contribution in [2.75, 3.05) is 0 Å². The van der Waals surface area contributed by atoms with Crippen molar-refractivity contribution in [2.24, 2.45) is 0 Å². The number of hydrogen-bond donors (Lipinski definition) is 2. The van der Waals surface area contributed by atoms with Crippen LogP contribution in [0.25, 0.3) is 11.3 Å². The normalized spacial score (nSPS) is 9.29. The Kier molecular flexibility index (Phi) is 4.21. The molecule has 0 aliphatic rings. The molecule has 17 heavy (non-hydrogen) atoms. The molecular weight excluding hydrogens is 222 g/mol. The molecule has 0 saturated heterocycles. The Bertz CT molecular complexity index is 504. The van der Waals surface area contributed by atoms with Gasteiger partial charge < -0.3 is 10.2 Å². The lowest BCUT2D eigenvalue weighted by molar-refractivity contribution is -0.742. The maximum Gasteiger partial charge on any atom is 0.291 e. The first-order chi connectivity index (χ1) is 7.99. The number of hydrogen-bond acceptors (Lipinski definition) is 3. The van der Waals surface area contributed by atoms with Gasteiger partial charge in [-0.2, -0.15) is 0 Å². The average molecular weight is 235 g/mol. The molecule has 0 fully saturated rings. The number of imidazole rings is 1. The van der Waals surface area contributed by atoms with Crippen molar-refractivity contribution in [1.82, 2.24) is 9.97 Å². The zero-order valence-corrected chi connectivity index (χ0v) is 9.54. The number of nitrogens with one attached hydrogen (secondary N) is 1. The monoisotopic (exact) mass is 235 g/mol. The molecule has 0 bridgehead atoms. The first-order valence-corrected chi connectivity index (χ1v) is 4.91. The number of H-pyrrole nitrogens is 1. The first kappa shape index (κ1) is 12.7. The molecule has 6 nitrogen and oxygen atoms in total. The average Bonchev–Trinajstić information content (AvgIpc) is 2.64. The van der Waals surface area contributed by atoms with Crippen LogP contribution in [0.2, 0.25) is 0 Å². The van der Waals surface area contributed by atoms with E-state index < -0.39 is 5.09 Å². The second-order valence-corrected chi connectivity index (χ2v) is 3.49. The Morgan fingerprint density at radius 1 is 1.41 bits per heavy atom. The summed E-state index contributed by atoms with van der Waals surface area (Å²) < 4.78 is 0. The molecule has 0 unspecified atom stereocenters. The van der Waals surface area contributed by atoms with Gasteiger partial charge in [-0.3, -0.25) is 0 Å². The molecule has 0 spiro atoms. The zero-order valence-electron chi connectivity index (χ0n) is 9.54. The maximum absolute atomic E-state index is 8.36. The molecule has 0 atom stereocenters. The van der Waals surface area contributed by atoms with Crippen LogP contribution < -0.4 is 0 Å². The number of benzene rings is 1. The number of aryl methyl sites for hydroxylation is 2. The van der Waals surface area contributed by atoms with Crippen molar-refractivity contribution in [3.63, 3.8) is 0 Å². The van der Waals surface area contributed by atoms with Gasteiger partial charge in [0.25, 0.3) is 5.09 Å². The minimum atomic E-state index is -1.50. The fraction of sp³-hybridized carbons (Fsp3) is 0.182. The third-order valence-electron chi connectivity index (χ3n) is 2.03. The summed E-state index contributed by atoms with van der Waals surface area (Å²) >= 11 is 0. The minimum absolute atomic E-state index is 0.955. The van der Waals surface area contributed by atoms with Gasteiger partial charge >= 0.3 is 0 Å². The van der Waals surface area contributed by atoms with Crippen molar-refractivity contribution in [3.05, 3.63) is 52.0 Å². The van der Waals surface area contributed by atoms with Crippen LogP contribution in [0.3, 0.4) is 0 Å². The second-order valence-electron chi connectivity index (χ2n) is 3.49. The molecule has 0 saturated carbocycles. The fourth-order valence-corrected chi connectivity index (χ4v) is 1.38. The Morgan fingerprint density at radius 2 is 2.06 bits per heavy atom. The summed E-state index contributed by atoms with van der Waals surface area (Å²) in [4.78, 5) is 15.7. The van der Waals surface area contributed by atoms with Crippen LogP contribution in [0.15, 0.2) is 30.5 Å². The summed E-state index contributed by atoms with van der Waals surface area (Å²) in [6.45, 7) is 4.05. The lowest BCUT2D eigenvalue weighted by Crippen LogP contribution is -1.81. The van der Waals surface area contributed by atoms with Crippen LogP contribution in [-0.4, -0.2) is 20.3 Å². The summed E-state index contributed by atoms with van der Waals surface area (Å²) in [5, 5.41) is 13.6. The van der Waals surface area contributed by atoms with E-state index in [2.05, 4.69) is 41.2 Å². The highest BCUT2D eigenvalue weighted by atomic mass is 16.9. The highest BCUT2D eigenvalue weighted by Gasteiger charge is 1.99. The molecule has 2 rings (SSSR count). The lowest BCUT2D eigenvalue weighted by atomic mass is 10.1. The van der Waals surface area contributed by atoms with Gasteiger partial charge in [-0.1, -0.05) is 23.8 Å². The predicted molar refractivity (Wildman–Crippen MR) is 62.3 cm³/mol. The second kappa shape index (κ2) is 5.64. The van der Waals surface area contributed by atoms with Crippen LogP contribution in [0.1, 0.15) is 11.4 Å². The van der Waals surface area contributed by atoms with E-state index in [-0.39, 0.29) is 0 Å². The van der Waals surface area contributed by atoms with Crippen molar-refractivity contribution in [1.29, 1.82) is 0 Å². The standard InChI is InChI=1S/C11H12N2.HNO3/c1-8-4-3-5-10(6-8)11-7-12-9(2)13-11;2-1(3)4/h3-7H,1-2H3,(H,12,13);(H,2,3,4). The van der Waals surface area contributed by atoms with Gasteiger partial charge in [0.2, 0.25) is 0 Å². The molecule has 0 aliphatic carbocycles. The Labute approximate surface area is 98.1 Å². The molecular formula is C11H13N3O3. The van der Waals surface area contributed by atoms with Crippen LogP contribution in [0, 0.1) is 24.0 Å². The van der Waals surface area contributed by atoms with E-state index in [1.165, 1.54) is 11.1 Å². The Balaban J connectivity index is 0.000000317. The van der Waals surface area contributed by atoms with Gasteiger partial charge in [-0.05, 0) is 25.5 Å². The van der Waals surface area contributed by atoms with E-state index in [1.54, 1.807) is 0 Å². The van der Waals surface area contributed by atoms with Gasteiger partial charge in [0.05, 0.1) is 11.9 Å². The van der Waals surface area contributed by atoms with Gasteiger partial charge in [0.1, 0.15) is 5.82 Å². The molecule has 0 amide bonds. The Morgan fingerprint density at radius 3 is 2.53 bits per heavy atom. The van der Waals surface area contributed by atoms with Crippen molar-refractivity contribution in [2.45, 2.75) is 13.8 Å². The highest BCUT2D eigenvalue weighted by molar-refractivity contribution is 5.59. The van der Waals surface area contributed by atoms with Gasteiger partial charge in [0, 0.05) is 0 Å². The topological polar surface area (TPSA) is 92.0 Å². The molecule has 1 aromatic heterocycles. The number of aromatic amines is 1. The van der Waals surface area contributed by atoms with E-state index in [0.717, 1.165) is 11.5 Å². The number of rotatable bonds is 1. The summed E-state index contributed by atoms with van der Waals surface area (Å²) in [6.07, 6.45) is 1.87. The van der Waals surface area contributed by atoms with Crippen LogP contribution in [0.4, 0.5) is 0 Å². The van der Waals surface area contributed by atoms with Crippen molar-refractivity contribution < 1.29 is 10.3 Å². The summed E-state index contributed by atoms with van der Waals surface area (Å²) in [5.74, 6) is 0.955. The largest absolute Gasteiger partial charge is 0.342 e. The fourth-order valence-electron chi connectivity index (χ4n) is 1.38. The molecule has 2 aromatic rings. The molecule has 6 heteroatoms. The van der Waals surface area contributed by atoms with Crippen LogP contribution in [0.5, 0.6) is 0 Å². The van der Waals surface area contributed by atoms with Gasteiger partial charge in [0.15, 0.2) is 0 Å². The van der Waals surface area contributed by atoms with Crippen molar-refractivity contribution >= 4 is 0 Å². The van der Waals surface area contributed by atoms with Crippen LogP contribution >= 0.6 is 0 Å². The first-order valence-electron chi connectivity index (χ1n) is 4.91. The zero-order chi connectivity index (χ0) is 12.8. The Hall–Kier alpha value is -2.37. The molecule has 0 radical (unpaired) electrons. The molecule has 2 N–H and O–H groups in total. The molecule has 0 aliphatic heterocycles. The highest BCUT2D eigenvalue weighted by Crippen LogP contribution is 2.17. The number of nitrogens with zero attached hydrogens (tertiary/aromatic N) is 2. The van der Waals surface area contributed by atoms with Crippen LogP contribution in [-0.2, 0) is 0 Å². The van der Waals surface area contributed by atoms with E-state index in [1.807, 2.05) is 13.1 Å². The van der Waals surface area contributed by atoms with Crippen molar-refractivity contribution in [3.8, 4) is 11.3 Å². The van der Waals surface area contributed by atoms with E-state index in [0.29, 0.717) is 0 Å². The molecule has 1 heterocycles. The third-order valence-corrected chi connectivity index (χ3v) is 2.03. The quantitative estimate of drug-likeness (QED) is 0.586. The van der Waals surface area contributed by atoms with E-state index in [4.69, 9.17) is 15.3 Å². The summed E-state index contributed by atoms with van der Waals surface area (Å²) in [5.41, 5.74) is 3.55. The SMILES string of the molecule is Cc1cccc(-c2cnc(C)[nH]2)c1.O=[N+]([O-])O. The molecule has 90 valence electrons. The number of aromatic nitrogens is 2. The van der Waals surface area contributed by atoms with Gasteiger partial charge in [-0.15, -0.1) is 10.1 Å². The minimum Gasteiger partial charge on any atom is -0.342 e. The third kappa shape index (κ3) is 4.33. The summed E-state index contributed by atoms with van der Waals surface area (Å²) in [6, 6.07) is 8.38. The van der Waals surface area contributed by atoms with E-state index in [9.17, 15) is 0 Å². The maximum atomic E-state index is 8.36. The van der Waals surface area contributed by atoms with E-state index >= 15 is 0 Å². The summed E-state index contributed by atoms with van der Waals surface area (Å²) in [7, 11) is 0. The smallest absolute Gasteiger partial charge is 0.291 e. The predicted octanol–water partition coefficient (Wildman–Crippen LogP) is 2.35. The molecule has 1 aromatic carbocycles. The lowest BCUT2D eigenvalue weighted by Gasteiger charge is -1.97.